The van der Waals surface area contributed by atoms with Gasteiger partial charge in [-0.25, -0.2) is 0 Å². The molecule has 0 saturated carbocycles. The van der Waals surface area contributed by atoms with Crippen LogP contribution in [0.1, 0.15) is 18.6 Å². The first kappa shape index (κ1) is 11.0. The summed E-state index contributed by atoms with van der Waals surface area (Å²) in [5.41, 5.74) is -0.502. The van der Waals surface area contributed by atoms with Crippen LogP contribution >= 0.6 is 11.8 Å². The Labute approximate surface area is 94.2 Å². The predicted octanol–water partition coefficient (Wildman–Crippen LogP) is 1.63. The summed E-state index contributed by atoms with van der Waals surface area (Å²) in [6.45, 7) is 1.36. The Bertz CT molecular complexity index is 281. The molecule has 1 aliphatic rings. The first-order valence-corrected chi connectivity index (χ1v) is 6.47. The van der Waals surface area contributed by atoms with E-state index in [1.807, 2.05) is 23.9 Å². The van der Waals surface area contributed by atoms with E-state index in [1.54, 1.807) is 6.26 Å². The van der Waals surface area contributed by atoms with Gasteiger partial charge in [0.2, 0.25) is 0 Å². The minimum Gasteiger partial charge on any atom is -0.468 e. The molecule has 15 heavy (non-hydrogen) atoms. The minimum absolute atomic E-state index is 0.502. The van der Waals surface area contributed by atoms with Gasteiger partial charge in [0.25, 0.3) is 0 Å². The Morgan fingerprint density at radius 1 is 1.47 bits per heavy atom. The molecule has 1 aromatic rings. The van der Waals surface area contributed by atoms with Crippen molar-refractivity contribution in [3.05, 3.63) is 24.2 Å². The Morgan fingerprint density at radius 2 is 2.27 bits per heavy atom. The maximum atomic E-state index is 10.2. The van der Waals surface area contributed by atoms with Crippen LogP contribution in [0.4, 0.5) is 0 Å². The Balaban J connectivity index is 1.72. The Morgan fingerprint density at radius 3 is 2.93 bits per heavy atom. The molecule has 2 rings (SSSR count). The molecule has 0 unspecified atom stereocenters. The molecule has 1 fully saturated rings. The van der Waals surface area contributed by atoms with E-state index in [1.165, 1.54) is 0 Å². The van der Waals surface area contributed by atoms with Gasteiger partial charge in [-0.15, -0.1) is 0 Å². The van der Waals surface area contributed by atoms with Crippen molar-refractivity contribution in [1.29, 1.82) is 0 Å². The molecule has 1 saturated heterocycles. The lowest BCUT2D eigenvalue weighted by molar-refractivity contribution is 0.0316. The number of hydrogen-bond acceptors (Lipinski definition) is 4. The molecule has 4 heteroatoms. The highest BCUT2D eigenvalue weighted by molar-refractivity contribution is 7.99. The summed E-state index contributed by atoms with van der Waals surface area (Å²) in [6, 6.07) is 3.82. The van der Waals surface area contributed by atoms with E-state index in [4.69, 9.17) is 4.42 Å². The lowest BCUT2D eigenvalue weighted by atomic mass is 9.97. The van der Waals surface area contributed by atoms with Crippen LogP contribution in [-0.4, -0.2) is 28.8 Å². The zero-order valence-electron chi connectivity index (χ0n) is 8.74. The molecule has 84 valence electrons. The molecule has 2 heterocycles. The van der Waals surface area contributed by atoms with Crippen LogP contribution in [0, 0.1) is 0 Å². The average Bonchev–Trinajstić information content (AvgIpc) is 2.71. The van der Waals surface area contributed by atoms with E-state index in [9.17, 15) is 5.11 Å². The van der Waals surface area contributed by atoms with Gasteiger partial charge in [-0.05, 0) is 36.5 Å². The van der Waals surface area contributed by atoms with E-state index in [0.29, 0.717) is 13.1 Å². The SMILES string of the molecule is OC1(CNCc2ccco2)CCSCC1. The molecule has 0 amide bonds. The van der Waals surface area contributed by atoms with E-state index in [-0.39, 0.29) is 0 Å². The van der Waals surface area contributed by atoms with Crippen molar-refractivity contribution in [1.82, 2.24) is 5.32 Å². The standard InChI is InChI=1S/C11H17NO2S/c13-11(3-6-15-7-4-11)9-12-8-10-2-1-5-14-10/h1-2,5,12-13H,3-4,6-9H2. The second-order valence-electron chi connectivity index (χ2n) is 4.02. The van der Waals surface area contributed by atoms with Crippen LogP contribution in [-0.2, 0) is 6.54 Å². The van der Waals surface area contributed by atoms with Crippen LogP contribution < -0.4 is 5.32 Å². The second-order valence-corrected chi connectivity index (χ2v) is 5.24. The second kappa shape index (κ2) is 5.05. The number of nitrogens with one attached hydrogen (secondary N) is 1. The molecule has 0 aromatic carbocycles. The van der Waals surface area contributed by atoms with Crippen molar-refractivity contribution in [2.45, 2.75) is 25.0 Å². The Kier molecular flexibility index (Phi) is 3.72. The van der Waals surface area contributed by atoms with Crippen molar-refractivity contribution in [2.75, 3.05) is 18.1 Å². The fourth-order valence-corrected chi connectivity index (χ4v) is 3.01. The zero-order chi connectivity index (χ0) is 10.6. The smallest absolute Gasteiger partial charge is 0.117 e. The lowest BCUT2D eigenvalue weighted by Gasteiger charge is -2.31. The highest BCUT2D eigenvalue weighted by Gasteiger charge is 2.28. The third-order valence-electron chi connectivity index (χ3n) is 2.76. The molecule has 0 spiro atoms. The highest BCUT2D eigenvalue weighted by atomic mass is 32.2. The van der Waals surface area contributed by atoms with E-state index in [0.717, 1.165) is 30.1 Å². The van der Waals surface area contributed by atoms with Gasteiger partial charge in [-0.3, -0.25) is 0 Å². The number of aliphatic hydroxyl groups is 1. The summed E-state index contributed by atoms with van der Waals surface area (Å²) in [6.07, 6.45) is 3.45. The van der Waals surface area contributed by atoms with Gasteiger partial charge in [0.1, 0.15) is 5.76 Å². The van der Waals surface area contributed by atoms with Crippen molar-refractivity contribution in [3.63, 3.8) is 0 Å². The van der Waals surface area contributed by atoms with E-state index >= 15 is 0 Å². The highest BCUT2D eigenvalue weighted by Crippen LogP contribution is 2.26. The van der Waals surface area contributed by atoms with Gasteiger partial charge in [0.05, 0.1) is 18.4 Å². The third kappa shape index (κ3) is 3.26. The molecule has 1 aliphatic heterocycles. The first-order chi connectivity index (χ1) is 7.29. The molecular weight excluding hydrogens is 210 g/mol. The molecule has 3 nitrogen and oxygen atoms in total. The van der Waals surface area contributed by atoms with Crippen molar-refractivity contribution in [3.8, 4) is 0 Å². The van der Waals surface area contributed by atoms with Gasteiger partial charge in [0, 0.05) is 6.54 Å². The van der Waals surface area contributed by atoms with E-state index < -0.39 is 5.60 Å². The molecule has 0 aliphatic carbocycles. The molecule has 0 atom stereocenters. The maximum absolute atomic E-state index is 10.2. The number of furan rings is 1. The van der Waals surface area contributed by atoms with Gasteiger partial charge >= 0.3 is 0 Å². The number of thioether (sulfide) groups is 1. The monoisotopic (exact) mass is 227 g/mol. The van der Waals surface area contributed by atoms with Crippen LogP contribution in [0.25, 0.3) is 0 Å². The number of rotatable bonds is 4. The topological polar surface area (TPSA) is 45.4 Å². The maximum Gasteiger partial charge on any atom is 0.117 e. The van der Waals surface area contributed by atoms with Gasteiger partial charge in [-0.1, -0.05) is 0 Å². The molecule has 1 aromatic heterocycles. The van der Waals surface area contributed by atoms with E-state index in [2.05, 4.69) is 5.32 Å². The van der Waals surface area contributed by atoms with Crippen LogP contribution in [0.15, 0.2) is 22.8 Å². The first-order valence-electron chi connectivity index (χ1n) is 5.32. The molecular formula is C11H17NO2S. The molecule has 2 N–H and O–H groups in total. The van der Waals surface area contributed by atoms with Crippen molar-refractivity contribution < 1.29 is 9.52 Å². The average molecular weight is 227 g/mol. The number of hydrogen-bond donors (Lipinski definition) is 2. The van der Waals surface area contributed by atoms with Crippen LogP contribution in [0.3, 0.4) is 0 Å². The van der Waals surface area contributed by atoms with Crippen LogP contribution in [0.5, 0.6) is 0 Å². The summed E-state index contributed by atoms with van der Waals surface area (Å²) < 4.78 is 5.21. The van der Waals surface area contributed by atoms with Gasteiger partial charge in [0.15, 0.2) is 0 Å². The summed E-state index contributed by atoms with van der Waals surface area (Å²) in [7, 11) is 0. The van der Waals surface area contributed by atoms with Crippen molar-refractivity contribution >= 4 is 11.8 Å². The largest absolute Gasteiger partial charge is 0.468 e. The third-order valence-corrected chi connectivity index (χ3v) is 3.74. The van der Waals surface area contributed by atoms with Crippen LogP contribution in [0.2, 0.25) is 0 Å². The zero-order valence-corrected chi connectivity index (χ0v) is 9.55. The summed E-state index contributed by atoms with van der Waals surface area (Å²) in [5.74, 6) is 3.06. The summed E-state index contributed by atoms with van der Waals surface area (Å²) >= 11 is 1.92. The van der Waals surface area contributed by atoms with Gasteiger partial charge < -0.3 is 14.8 Å². The predicted molar refractivity (Wildman–Crippen MR) is 61.9 cm³/mol. The fraction of sp³-hybridized carbons (Fsp3) is 0.636. The molecule has 0 radical (unpaired) electrons. The minimum atomic E-state index is -0.502. The Hall–Kier alpha value is -0.450. The van der Waals surface area contributed by atoms with Gasteiger partial charge in [-0.2, -0.15) is 11.8 Å². The quantitative estimate of drug-likeness (QED) is 0.820. The summed E-state index contributed by atoms with van der Waals surface area (Å²) in [4.78, 5) is 0. The lowest BCUT2D eigenvalue weighted by Crippen LogP contribution is -2.43. The summed E-state index contributed by atoms with van der Waals surface area (Å²) in [5, 5.41) is 13.4. The normalized spacial score (nSPS) is 20.3. The fourth-order valence-electron chi connectivity index (χ4n) is 1.76. The van der Waals surface area contributed by atoms with Crippen molar-refractivity contribution in [2.24, 2.45) is 0 Å². The molecule has 0 bridgehead atoms.